The minimum atomic E-state index is -0.365. The summed E-state index contributed by atoms with van der Waals surface area (Å²) in [7, 11) is 0. The molecule has 0 radical (unpaired) electrons. The molecule has 0 aliphatic carbocycles. The van der Waals surface area contributed by atoms with Gasteiger partial charge in [0.1, 0.15) is 11.9 Å². The molecule has 0 fully saturated rings. The second kappa shape index (κ2) is 10.2. The lowest BCUT2D eigenvalue weighted by Crippen LogP contribution is -2.21. The van der Waals surface area contributed by atoms with E-state index in [1.165, 1.54) is 12.1 Å². The Hall–Kier alpha value is -3.91. The Labute approximate surface area is 182 Å². The van der Waals surface area contributed by atoms with E-state index >= 15 is 0 Å². The highest BCUT2D eigenvalue weighted by Crippen LogP contribution is 2.27. The molecule has 3 rings (SSSR count). The van der Waals surface area contributed by atoms with Gasteiger partial charge in [-0.05, 0) is 61.4 Å². The van der Waals surface area contributed by atoms with Crippen molar-refractivity contribution in [1.29, 1.82) is 5.26 Å². The first-order chi connectivity index (χ1) is 15.0. The van der Waals surface area contributed by atoms with Crippen LogP contribution in [0.15, 0.2) is 72.8 Å². The number of nitriles is 1. The first-order valence-electron chi connectivity index (χ1n) is 10.2. The van der Waals surface area contributed by atoms with Crippen LogP contribution in [-0.4, -0.2) is 19.0 Å². The molecule has 0 saturated carbocycles. The van der Waals surface area contributed by atoms with Crippen molar-refractivity contribution in [2.24, 2.45) is 0 Å². The summed E-state index contributed by atoms with van der Waals surface area (Å²) < 4.78 is 14.1. The fraction of sp³-hybridized carbons (Fsp3) is 0.154. The van der Waals surface area contributed by atoms with E-state index in [9.17, 15) is 14.4 Å². The lowest BCUT2D eigenvalue weighted by molar-refractivity contribution is -0.111. The van der Waals surface area contributed by atoms with Crippen LogP contribution < -0.4 is 10.2 Å². The Balaban J connectivity index is 1.80. The van der Waals surface area contributed by atoms with Crippen molar-refractivity contribution < 1.29 is 9.18 Å². The van der Waals surface area contributed by atoms with Gasteiger partial charge in [-0.25, -0.2) is 4.39 Å². The van der Waals surface area contributed by atoms with Gasteiger partial charge in [-0.2, -0.15) is 5.26 Å². The second-order valence-corrected chi connectivity index (χ2v) is 6.94. The fourth-order valence-corrected chi connectivity index (χ4v) is 3.37. The number of halogens is 1. The standard InChI is InChI=1S/C26H24FN3O/c1-3-30(4-2)22-9-7-8-19(16-22)12-15-26(31)29-25-17-20(13-14-21(25)18-28)23-10-5-6-11-24(23)27/h5-17H,3-4H2,1-2H3,(H,29,31)/b15-12+. The molecule has 156 valence electrons. The molecular weight excluding hydrogens is 389 g/mol. The summed E-state index contributed by atoms with van der Waals surface area (Å²) in [5, 5.41) is 12.1. The Morgan fingerprint density at radius 3 is 2.55 bits per heavy atom. The van der Waals surface area contributed by atoms with Crippen molar-refractivity contribution in [3.05, 3.63) is 89.8 Å². The summed E-state index contributed by atoms with van der Waals surface area (Å²) in [5.74, 6) is -0.729. The summed E-state index contributed by atoms with van der Waals surface area (Å²) in [6, 6.07) is 21.3. The van der Waals surface area contributed by atoms with Crippen LogP contribution in [0.2, 0.25) is 0 Å². The monoisotopic (exact) mass is 413 g/mol. The zero-order valence-corrected chi connectivity index (χ0v) is 17.6. The zero-order chi connectivity index (χ0) is 22.2. The van der Waals surface area contributed by atoms with Crippen LogP contribution in [-0.2, 0) is 4.79 Å². The van der Waals surface area contributed by atoms with E-state index in [1.807, 2.05) is 24.3 Å². The highest BCUT2D eigenvalue weighted by Gasteiger charge is 2.10. The Kier molecular flexibility index (Phi) is 7.18. The number of nitrogens with zero attached hydrogens (tertiary/aromatic N) is 2. The highest BCUT2D eigenvalue weighted by molar-refractivity contribution is 6.03. The number of amides is 1. The van der Waals surface area contributed by atoms with Crippen LogP contribution in [0, 0.1) is 17.1 Å². The third-order valence-corrected chi connectivity index (χ3v) is 5.01. The van der Waals surface area contributed by atoms with Crippen LogP contribution in [0.4, 0.5) is 15.8 Å². The summed E-state index contributed by atoms with van der Waals surface area (Å²) >= 11 is 0. The number of benzene rings is 3. The second-order valence-electron chi connectivity index (χ2n) is 6.94. The van der Waals surface area contributed by atoms with E-state index in [0.29, 0.717) is 22.4 Å². The van der Waals surface area contributed by atoms with Crippen LogP contribution in [0.5, 0.6) is 0 Å². The SMILES string of the molecule is CCN(CC)c1cccc(/C=C/C(=O)Nc2cc(-c3ccccc3F)ccc2C#N)c1. The third-order valence-electron chi connectivity index (χ3n) is 5.01. The van der Waals surface area contributed by atoms with Gasteiger partial charge < -0.3 is 10.2 Å². The number of hydrogen-bond acceptors (Lipinski definition) is 3. The van der Waals surface area contributed by atoms with Gasteiger partial charge in [0.25, 0.3) is 0 Å². The molecule has 3 aromatic carbocycles. The molecule has 0 aliphatic heterocycles. The maximum atomic E-state index is 14.1. The molecule has 3 aromatic rings. The van der Waals surface area contributed by atoms with E-state index in [4.69, 9.17) is 0 Å². The summed E-state index contributed by atoms with van der Waals surface area (Å²) in [6.07, 6.45) is 3.16. The largest absolute Gasteiger partial charge is 0.372 e. The van der Waals surface area contributed by atoms with E-state index in [2.05, 4.69) is 30.1 Å². The fourth-order valence-electron chi connectivity index (χ4n) is 3.37. The van der Waals surface area contributed by atoms with Crippen LogP contribution in [0.25, 0.3) is 17.2 Å². The maximum Gasteiger partial charge on any atom is 0.248 e. The molecule has 0 aliphatic rings. The van der Waals surface area contributed by atoms with Gasteiger partial charge in [-0.1, -0.05) is 36.4 Å². The van der Waals surface area contributed by atoms with E-state index < -0.39 is 0 Å². The van der Waals surface area contributed by atoms with Gasteiger partial charge in [0.05, 0.1) is 11.3 Å². The van der Waals surface area contributed by atoms with Crippen molar-refractivity contribution >= 4 is 23.4 Å². The average molecular weight is 413 g/mol. The Bertz CT molecular complexity index is 1140. The Morgan fingerprint density at radius 1 is 1.06 bits per heavy atom. The lowest BCUT2D eigenvalue weighted by Gasteiger charge is -2.21. The predicted octanol–water partition coefficient (Wildman–Crippen LogP) is 5.86. The number of anilines is 2. The first kappa shape index (κ1) is 21.8. The van der Waals surface area contributed by atoms with Gasteiger partial charge in [0.15, 0.2) is 0 Å². The molecule has 0 bridgehead atoms. The van der Waals surface area contributed by atoms with Gasteiger partial charge >= 0.3 is 0 Å². The van der Waals surface area contributed by atoms with Gasteiger partial charge in [-0.3, -0.25) is 4.79 Å². The molecule has 0 heterocycles. The Morgan fingerprint density at radius 2 is 1.84 bits per heavy atom. The molecule has 31 heavy (non-hydrogen) atoms. The molecule has 0 atom stereocenters. The van der Waals surface area contributed by atoms with Crippen molar-refractivity contribution in [3.8, 4) is 17.2 Å². The van der Waals surface area contributed by atoms with Crippen molar-refractivity contribution in [2.75, 3.05) is 23.3 Å². The van der Waals surface area contributed by atoms with Crippen LogP contribution in [0.3, 0.4) is 0 Å². The molecule has 0 unspecified atom stereocenters. The van der Waals surface area contributed by atoms with Gasteiger partial charge in [-0.15, -0.1) is 0 Å². The molecule has 4 nitrogen and oxygen atoms in total. The van der Waals surface area contributed by atoms with Crippen LogP contribution >= 0.6 is 0 Å². The number of carbonyl (C=O) groups is 1. The normalized spacial score (nSPS) is 10.6. The van der Waals surface area contributed by atoms with Crippen LogP contribution in [0.1, 0.15) is 25.0 Å². The number of nitrogens with one attached hydrogen (secondary N) is 1. The molecule has 1 N–H and O–H groups in total. The summed E-state index contributed by atoms with van der Waals surface area (Å²) in [6.45, 7) is 6.00. The van der Waals surface area contributed by atoms with Gasteiger partial charge in [0.2, 0.25) is 5.91 Å². The molecule has 5 heteroatoms. The molecular formula is C26H24FN3O. The lowest BCUT2D eigenvalue weighted by atomic mass is 10.0. The molecule has 1 amide bonds. The van der Waals surface area contributed by atoms with Crippen molar-refractivity contribution in [1.82, 2.24) is 0 Å². The minimum Gasteiger partial charge on any atom is -0.372 e. The van der Waals surface area contributed by atoms with Crippen molar-refractivity contribution in [3.63, 3.8) is 0 Å². The maximum absolute atomic E-state index is 14.1. The summed E-state index contributed by atoms with van der Waals surface area (Å²) in [5.41, 5.74) is 3.65. The van der Waals surface area contributed by atoms with Crippen molar-refractivity contribution in [2.45, 2.75) is 13.8 Å². The average Bonchev–Trinajstić information content (AvgIpc) is 2.79. The number of rotatable bonds is 7. The summed E-state index contributed by atoms with van der Waals surface area (Å²) in [4.78, 5) is 14.7. The quantitative estimate of drug-likeness (QED) is 0.494. The molecule has 0 saturated heterocycles. The van der Waals surface area contributed by atoms with E-state index in [-0.39, 0.29) is 11.7 Å². The molecule has 0 aromatic heterocycles. The molecule has 0 spiro atoms. The third kappa shape index (κ3) is 5.37. The highest BCUT2D eigenvalue weighted by atomic mass is 19.1. The zero-order valence-electron chi connectivity index (χ0n) is 17.6. The van der Waals surface area contributed by atoms with E-state index in [0.717, 1.165) is 24.3 Å². The number of hydrogen-bond donors (Lipinski definition) is 1. The minimum absolute atomic E-state index is 0.311. The van der Waals surface area contributed by atoms with Gasteiger partial charge in [0, 0.05) is 30.4 Å². The number of carbonyl (C=O) groups excluding carboxylic acids is 1. The van der Waals surface area contributed by atoms with E-state index in [1.54, 1.807) is 42.5 Å². The predicted molar refractivity (Wildman–Crippen MR) is 124 cm³/mol. The topological polar surface area (TPSA) is 56.1 Å². The first-order valence-corrected chi connectivity index (χ1v) is 10.2. The smallest absolute Gasteiger partial charge is 0.248 e.